The summed E-state index contributed by atoms with van der Waals surface area (Å²) in [4.78, 5) is 11.8. The van der Waals surface area contributed by atoms with Gasteiger partial charge >= 0.3 is 0 Å². The molecule has 0 unspecified atom stereocenters. The van der Waals surface area contributed by atoms with Gasteiger partial charge < -0.3 is 10.4 Å². The third-order valence-electron chi connectivity index (χ3n) is 4.00. The van der Waals surface area contributed by atoms with Gasteiger partial charge in [0.05, 0.1) is 18.4 Å². The lowest BCUT2D eigenvalue weighted by atomic mass is 9.89. The van der Waals surface area contributed by atoms with E-state index < -0.39 is 28.1 Å². The summed E-state index contributed by atoms with van der Waals surface area (Å²) >= 11 is 0. The van der Waals surface area contributed by atoms with Gasteiger partial charge in [0.1, 0.15) is 5.75 Å². The quantitative estimate of drug-likeness (QED) is 0.822. The number of sulfone groups is 1. The molecule has 1 aliphatic carbocycles. The Morgan fingerprint density at radius 1 is 1.27 bits per heavy atom. The van der Waals surface area contributed by atoms with Crippen LogP contribution in [-0.2, 0) is 27.5 Å². The summed E-state index contributed by atoms with van der Waals surface area (Å²) in [6, 6.07) is 5.98. The molecule has 1 atom stereocenters. The van der Waals surface area contributed by atoms with Crippen LogP contribution in [0.5, 0.6) is 0 Å². The van der Waals surface area contributed by atoms with Crippen LogP contribution in [-0.4, -0.2) is 37.5 Å². The van der Waals surface area contributed by atoms with Crippen molar-refractivity contribution in [3.8, 4) is 0 Å². The van der Waals surface area contributed by atoms with Crippen molar-refractivity contribution in [3.05, 3.63) is 34.9 Å². The van der Waals surface area contributed by atoms with Crippen molar-refractivity contribution in [1.82, 2.24) is 5.32 Å². The Morgan fingerprint density at radius 3 is 2.64 bits per heavy atom. The standard InChI is InChI=1S/C16H23NO4S/c1-12(17-16(19)11-22(20,21)9-8-18)14-7-6-13-4-2-3-5-15(13)10-14/h6-7,10,12,18H,2-5,8-9,11H2,1H3,(H,17,19)/t12-/m1/s1. The molecule has 0 heterocycles. The molecule has 0 spiro atoms. The molecule has 6 heteroatoms. The maximum atomic E-state index is 11.8. The second-order valence-corrected chi connectivity index (χ2v) is 8.02. The van der Waals surface area contributed by atoms with Gasteiger partial charge in [-0.25, -0.2) is 8.42 Å². The highest BCUT2D eigenvalue weighted by Gasteiger charge is 2.19. The molecule has 0 saturated heterocycles. The summed E-state index contributed by atoms with van der Waals surface area (Å²) in [7, 11) is -3.54. The lowest BCUT2D eigenvalue weighted by molar-refractivity contribution is -0.119. The van der Waals surface area contributed by atoms with Gasteiger partial charge in [0.2, 0.25) is 5.91 Å². The van der Waals surface area contributed by atoms with E-state index in [0.29, 0.717) is 0 Å². The van der Waals surface area contributed by atoms with Crippen LogP contribution in [0, 0.1) is 0 Å². The van der Waals surface area contributed by atoms with Crippen LogP contribution in [0.2, 0.25) is 0 Å². The number of rotatable bonds is 6. The van der Waals surface area contributed by atoms with Gasteiger partial charge in [-0.05, 0) is 49.3 Å². The molecule has 0 fully saturated rings. The SMILES string of the molecule is C[C@@H](NC(=O)CS(=O)(=O)CCO)c1ccc2c(c1)CCCC2. The van der Waals surface area contributed by atoms with E-state index in [-0.39, 0.29) is 11.8 Å². The first-order valence-corrected chi connectivity index (χ1v) is 9.46. The number of aryl methyl sites for hydroxylation is 2. The highest BCUT2D eigenvalue weighted by molar-refractivity contribution is 7.92. The summed E-state index contributed by atoms with van der Waals surface area (Å²) in [5, 5.41) is 11.4. The van der Waals surface area contributed by atoms with Gasteiger partial charge in [0.15, 0.2) is 9.84 Å². The van der Waals surface area contributed by atoms with Crippen molar-refractivity contribution in [2.45, 2.75) is 38.6 Å². The summed E-state index contributed by atoms with van der Waals surface area (Å²) in [5.41, 5.74) is 3.70. The predicted molar refractivity (Wildman–Crippen MR) is 85.4 cm³/mol. The molecule has 22 heavy (non-hydrogen) atoms. The van der Waals surface area contributed by atoms with Crippen LogP contribution in [0.25, 0.3) is 0 Å². The van der Waals surface area contributed by atoms with Crippen molar-refractivity contribution in [3.63, 3.8) is 0 Å². The molecule has 1 aliphatic rings. The lowest BCUT2D eigenvalue weighted by Crippen LogP contribution is -2.33. The van der Waals surface area contributed by atoms with Crippen LogP contribution >= 0.6 is 0 Å². The Hall–Kier alpha value is -1.40. The predicted octanol–water partition coefficient (Wildman–Crippen LogP) is 1.15. The second-order valence-electron chi connectivity index (χ2n) is 5.84. The molecule has 2 rings (SSSR count). The summed E-state index contributed by atoms with van der Waals surface area (Å²) in [6.07, 6.45) is 4.59. The molecule has 122 valence electrons. The minimum absolute atomic E-state index is 0.232. The fourth-order valence-corrected chi connectivity index (χ4v) is 3.71. The average Bonchev–Trinajstić information content (AvgIpc) is 2.45. The number of aliphatic hydroxyl groups is 1. The first-order valence-electron chi connectivity index (χ1n) is 7.63. The van der Waals surface area contributed by atoms with E-state index in [0.717, 1.165) is 18.4 Å². The van der Waals surface area contributed by atoms with Crippen molar-refractivity contribution >= 4 is 15.7 Å². The van der Waals surface area contributed by atoms with E-state index in [1.165, 1.54) is 24.0 Å². The van der Waals surface area contributed by atoms with Crippen LogP contribution in [0.3, 0.4) is 0 Å². The molecule has 0 aliphatic heterocycles. The summed E-state index contributed by atoms with van der Waals surface area (Å²) < 4.78 is 23.1. The minimum Gasteiger partial charge on any atom is -0.395 e. The van der Waals surface area contributed by atoms with E-state index >= 15 is 0 Å². The topological polar surface area (TPSA) is 83.5 Å². The van der Waals surface area contributed by atoms with E-state index in [9.17, 15) is 13.2 Å². The molecule has 0 saturated carbocycles. The average molecular weight is 325 g/mol. The number of aliphatic hydroxyl groups excluding tert-OH is 1. The monoisotopic (exact) mass is 325 g/mol. The van der Waals surface area contributed by atoms with Crippen LogP contribution in [0.1, 0.15) is 42.5 Å². The fourth-order valence-electron chi connectivity index (χ4n) is 2.80. The van der Waals surface area contributed by atoms with Crippen molar-refractivity contribution in [2.24, 2.45) is 0 Å². The number of carbonyl (C=O) groups excluding carboxylic acids is 1. The van der Waals surface area contributed by atoms with Crippen molar-refractivity contribution in [1.29, 1.82) is 0 Å². The maximum Gasteiger partial charge on any atom is 0.235 e. The molecule has 0 bridgehead atoms. The number of hydrogen-bond acceptors (Lipinski definition) is 4. The van der Waals surface area contributed by atoms with Crippen LogP contribution in [0.15, 0.2) is 18.2 Å². The van der Waals surface area contributed by atoms with Crippen molar-refractivity contribution in [2.75, 3.05) is 18.1 Å². The van der Waals surface area contributed by atoms with Gasteiger partial charge in [0.25, 0.3) is 0 Å². The highest BCUT2D eigenvalue weighted by atomic mass is 32.2. The van der Waals surface area contributed by atoms with E-state index in [2.05, 4.69) is 17.4 Å². The Balaban J connectivity index is 2.00. The zero-order valence-corrected chi connectivity index (χ0v) is 13.7. The van der Waals surface area contributed by atoms with Gasteiger partial charge in [-0.3, -0.25) is 4.79 Å². The molecule has 0 radical (unpaired) electrons. The normalized spacial score (nSPS) is 15.9. The summed E-state index contributed by atoms with van der Waals surface area (Å²) in [6.45, 7) is 1.39. The Morgan fingerprint density at radius 2 is 1.95 bits per heavy atom. The minimum atomic E-state index is -3.54. The number of nitrogens with one attached hydrogen (secondary N) is 1. The number of carbonyl (C=O) groups is 1. The fraction of sp³-hybridized carbons (Fsp3) is 0.562. The smallest absolute Gasteiger partial charge is 0.235 e. The van der Waals surface area contributed by atoms with Gasteiger partial charge in [0, 0.05) is 0 Å². The molecule has 5 nitrogen and oxygen atoms in total. The third-order valence-corrected chi connectivity index (χ3v) is 5.51. The molecule has 2 N–H and O–H groups in total. The Labute approximate surface area is 131 Å². The van der Waals surface area contributed by atoms with E-state index in [1.54, 1.807) is 0 Å². The maximum absolute atomic E-state index is 11.8. The van der Waals surface area contributed by atoms with Gasteiger partial charge in [-0.15, -0.1) is 0 Å². The first-order chi connectivity index (χ1) is 10.4. The first kappa shape index (κ1) is 17.0. The molecular formula is C16H23NO4S. The van der Waals surface area contributed by atoms with Crippen LogP contribution < -0.4 is 5.32 Å². The van der Waals surface area contributed by atoms with E-state index in [1.807, 2.05) is 13.0 Å². The molecule has 1 aromatic rings. The third kappa shape index (κ3) is 4.55. The van der Waals surface area contributed by atoms with E-state index in [4.69, 9.17) is 5.11 Å². The Bertz CT molecular complexity index is 640. The summed E-state index contributed by atoms with van der Waals surface area (Å²) in [5.74, 6) is -1.49. The number of benzene rings is 1. The van der Waals surface area contributed by atoms with Gasteiger partial charge in [-0.1, -0.05) is 18.2 Å². The zero-order chi connectivity index (χ0) is 16.2. The Kier molecular flexibility index (Phi) is 5.58. The largest absolute Gasteiger partial charge is 0.395 e. The molecule has 0 aromatic heterocycles. The number of hydrogen-bond donors (Lipinski definition) is 2. The van der Waals surface area contributed by atoms with Crippen molar-refractivity contribution < 1.29 is 18.3 Å². The second kappa shape index (κ2) is 7.24. The van der Waals surface area contributed by atoms with Crippen LogP contribution in [0.4, 0.5) is 0 Å². The molecular weight excluding hydrogens is 302 g/mol. The lowest BCUT2D eigenvalue weighted by Gasteiger charge is -2.20. The molecule has 1 amide bonds. The van der Waals surface area contributed by atoms with Gasteiger partial charge in [-0.2, -0.15) is 0 Å². The zero-order valence-electron chi connectivity index (χ0n) is 12.8. The molecule has 1 aromatic carbocycles. The highest BCUT2D eigenvalue weighted by Crippen LogP contribution is 2.24. The number of fused-ring (bicyclic) bond motifs is 1. The number of amides is 1.